The molecule has 2 N–H and O–H groups in total. The number of hydrogen-bond acceptors (Lipinski definition) is 4. The number of ether oxygens (including phenoxy) is 1. The zero-order valence-corrected chi connectivity index (χ0v) is 12.6. The van der Waals surface area contributed by atoms with Crippen molar-refractivity contribution in [1.29, 1.82) is 0 Å². The van der Waals surface area contributed by atoms with Gasteiger partial charge >= 0.3 is 5.97 Å². The van der Waals surface area contributed by atoms with Crippen LogP contribution in [0.2, 0.25) is 0 Å². The van der Waals surface area contributed by atoms with Crippen molar-refractivity contribution in [2.45, 2.75) is 70.5 Å². The van der Waals surface area contributed by atoms with Gasteiger partial charge in [0.1, 0.15) is 0 Å². The first-order valence-corrected chi connectivity index (χ1v) is 7.94. The van der Waals surface area contributed by atoms with Crippen LogP contribution in [0.1, 0.15) is 64.2 Å². The van der Waals surface area contributed by atoms with Crippen LogP contribution in [-0.2, 0) is 9.53 Å². The van der Waals surface area contributed by atoms with E-state index in [0.29, 0.717) is 12.2 Å². The van der Waals surface area contributed by atoms with Crippen LogP contribution < -0.4 is 0 Å². The van der Waals surface area contributed by atoms with E-state index in [0.717, 1.165) is 25.7 Å². The normalized spacial score (nSPS) is 17.1. The number of carbonyl (C=O) groups excluding carboxylic acids is 1. The molecule has 0 aromatic rings. The Morgan fingerprint density at radius 1 is 1.00 bits per heavy atom. The Labute approximate surface area is 127 Å². The highest BCUT2D eigenvalue weighted by Gasteiger charge is 2.21. The van der Waals surface area contributed by atoms with Crippen LogP contribution >= 0.6 is 0 Å². The Bertz CT molecular complexity index is 389. The third-order valence-corrected chi connectivity index (χ3v) is 3.46. The first-order chi connectivity index (χ1) is 10.2. The highest BCUT2D eigenvalue weighted by molar-refractivity contribution is 5.86. The molecule has 0 amide bonds. The molecule has 0 saturated carbocycles. The van der Waals surface area contributed by atoms with Gasteiger partial charge in [0, 0.05) is 19.1 Å². The number of aliphatic hydroxyl groups is 2. The monoisotopic (exact) mass is 294 g/mol. The van der Waals surface area contributed by atoms with E-state index in [1.807, 2.05) is 0 Å². The van der Waals surface area contributed by atoms with Crippen LogP contribution in [0, 0.1) is 11.8 Å². The molecule has 1 aliphatic rings. The van der Waals surface area contributed by atoms with Crippen molar-refractivity contribution in [2.75, 3.05) is 6.61 Å². The predicted molar refractivity (Wildman–Crippen MR) is 81.2 cm³/mol. The Balaban J connectivity index is 1.91. The second kappa shape index (κ2) is 11.4. The molecule has 1 heterocycles. The molecule has 1 aliphatic heterocycles. The van der Waals surface area contributed by atoms with Crippen LogP contribution in [0.5, 0.6) is 0 Å². The van der Waals surface area contributed by atoms with Gasteiger partial charge in [0.05, 0.1) is 5.57 Å². The number of esters is 1. The minimum Gasteiger partial charge on any atom is -0.428 e. The summed E-state index contributed by atoms with van der Waals surface area (Å²) in [6.45, 7) is 0.315. The molecule has 4 heteroatoms. The number of cyclic esters (lactones) is 1. The van der Waals surface area contributed by atoms with E-state index in [1.165, 1.54) is 44.6 Å². The summed E-state index contributed by atoms with van der Waals surface area (Å²) >= 11 is 0. The van der Waals surface area contributed by atoms with Crippen molar-refractivity contribution in [3.05, 3.63) is 11.6 Å². The third kappa shape index (κ3) is 8.54. The van der Waals surface area contributed by atoms with Gasteiger partial charge in [0.2, 0.25) is 6.29 Å². The fourth-order valence-corrected chi connectivity index (χ4v) is 2.23. The van der Waals surface area contributed by atoms with E-state index in [9.17, 15) is 9.90 Å². The molecule has 1 unspecified atom stereocenters. The molecule has 0 radical (unpaired) electrons. The first kappa shape index (κ1) is 17.7. The van der Waals surface area contributed by atoms with E-state index >= 15 is 0 Å². The van der Waals surface area contributed by atoms with Crippen LogP contribution in [0.3, 0.4) is 0 Å². The van der Waals surface area contributed by atoms with Gasteiger partial charge in [-0.2, -0.15) is 0 Å². The zero-order valence-electron chi connectivity index (χ0n) is 12.6. The van der Waals surface area contributed by atoms with E-state index in [-0.39, 0.29) is 0 Å². The lowest BCUT2D eigenvalue weighted by Gasteiger charge is -2.01. The van der Waals surface area contributed by atoms with Gasteiger partial charge in [0.25, 0.3) is 0 Å². The zero-order chi connectivity index (χ0) is 15.3. The predicted octanol–water partition coefficient (Wildman–Crippen LogP) is 2.68. The van der Waals surface area contributed by atoms with Gasteiger partial charge in [-0.3, -0.25) is 0 Å². The van der Waals surface area contributed by atoms with Gasteiger partial charge in [-0.15, -0.1) is 0 Å². The molecule has 21 heavy (non-hydrogen) atoms. The highest BCUT2D eigenvalue weighted by atomic mass is 16.6. The third-order valence-electron chi connectivity index (χ3n) is 3.46. The number of rotatable bonds is 10. The van der Waals surface area contributed by atoms with E-state index in [2.05, 4.69) is 16.6 Å². The van der Waals surface area contributed by atoms with Crippen molar-refractivity contribution in [3.63, 3.8) is 0 Å². The van der Waals surface area contributed by atoms with Crippen molar-refractivity contribution in [1.82, 2.24) is 0 Å². The minimum atomic E-state index is -1.17. The molecule has 4 nitrogen and oxygen atoms in total. The molecular weight excluding hydrogens is 268 g/mol. The molecule has 0 aromatic carbocycles. The van der Waals surface area contributed by atoms with Crippen LogP contribution in [0.25, 0.3) is 0 Å². The van der Waals surface area contributed by atoms with E-state index < -0.39 is 12.3 Å². The van der Waals surface area contributed by atoms with Gasteiger partial charge < -0.3 is 14.9 Å². The summed E-state index contributed by atoms with van der Waals surface area (Å²) in [4.78, 5) is 10.8. The van der Waals surface area contributed by atoms with E-state index in [1.54, 1.807) is 0 Å². The molecule has 0 fully saturated rings. The van der Waals surface area contributed by atoms with Crippen LogP contribution in [-0.4, -0.2) is 29.1 Å². The van der Waals surface area contributed by atoms with Gasteiger partial charge in [0.15, 0.2) is 0 Å². The molecule has 118 valence electrons. The van der Waals surface area contributed by atoms with Crippen LogP contribution in [0.4, 0.5) is 0 Å². The fourth-order valence-electron chi connectivity index (χ4n) is 2.23. The maximum Gasteiger partial charge on any atom is 0.334 e. The minimum absolute atomic E-state index is 0.315. The maximum atomic E-state index is 10.8. The molecular formula is C17H26O4. The molecule has 0 aromatic heterocycles. The number of unbranched alkanes of at least 4 members (excludes halogenated alkanes) is 9. The molecule has 0 saturated heterocycles. The summed E-state index contributed by atoms with van der Waals surface area (Å²) in [5, 5.41) is 18.0. The Morgan fingerprint density at radius 3 is 2.10 bits per heavy atom. The average Bonchev–Trinajstić information content (AvgIpc) is 2.78. The summed E-state index contributed by atoms with van der Waals surface area (Å²) in [6, 6.07) is 0. The summed E-state index contributed by atoms with van der Waals surface area (Å²) in [6.07, 6.45) is 11.4. The fraction of sp³-hybridized carbons (Fsp3) is 0.706. The standard InChI is InChI=1S/C17H26O4/c18-13-11-9-7-5-3-1-2-4-6-8-10-12-15-14-16(19)21-17(15)20/h14,17-18,20H,1-9,11,13H2. The summed E-state index contributed by atoms with van der Waals surface area (Å²) < 4.78 is 4.54. The second-order valence-corrected chi connectivity index (χ2v) is 5.35. The summed E-state index contributed by atoms with van der Waals surface area (Å²) in [5.41, 5.74) is 0.364. The average molecular weight is 294 g/mol. The summed E-state index contributed by atoms with van der Waals surface area (Å²) in [5.74, 6) is 5.23. The Hall–Kier alpha value is -1.31. The molecule has 0 bridgehead atoms. The lowest BCUT2D eigenvalue weighted by molar-refractivity contribution is -0.150. The molecule has 0 aliphatic carbocycles. The van der Waals surface area contributed by atoms with Crippen molar-refractivity contribution >= 4 is 5.97 Å². The van der Waals surface area contributed by atoms with Crippen molar-refractivity contribution in [2.24, 2.45) is 0 Å². The lowest BCUT2D eigenvalue weighted by Crippen LogP contribution is -2.08. The molecule has 1 atom stereocenters. The first-order valence-electron chi connectivity index (χ1n) is 7.94. The number of aliphatic hydroxyl groups excluding tert-OH is 2. The summed E-state index contributed by atoms with van der Waals surface area (Å²) in [7, 11) is 0. The van der Waals surface area contributed by atoms with Crippen molar-refractivity contribution < 1.29 is 19.7 Å². The van der Waals surface area contributed by atoms with E-state index in [4.69, 9.17) is 5.11 Å². The maximum absolute atomic E-state index is 10.8. The lowest BCUT2D eigenvalue weighted by atomic mass is 10.1. The molecule has 1 rings (SSSR count). The Morgan fingerprint density at radius 2 is 1.57 bits per heavy atom. The van der Waals surface area contributed by atoms with Gasteiger partial charge in [-0.1, -0.05) is 56.8 Å². The molecule has 0 spiro atoms. The largest absolute Gasteiger partial charge is 0.428 e. The smallest absolute Gasteiger partial charge is 0.334 e. The van der Waals surface area contributed by atoms with Crippen molar-refractivity contribution in [3.8, 4) is 11.8 Å². The van der Waals surface area contributed by atoms with Gasteiger partial charge in [-0.25, -0.2) is 4.79 Å². The van der Waals surface area contributed by atoms with Crippen LogP contribution in [0.15, 0.2) is 11.6 Å². The highest BCUT2D eigenvalue weighted by Crippen LogP contribution is 2.12. The Kier molecular flexibility index (Phi) is 9.60. The SMILES string of the molecule is O=C1C=C(C#CCCCCCCCCCCCO)C(O)O1. The number of hydrogen-bond donors (Lipinski definition) is 2. The quantitative estimate of drug-likeness (QED) is 0.369. The van der Waals surface area contributed by atoms with Gasteiger partial charge in [-0.05, 0) is 12.8 Å². The number of carbonyl (C=O) groups is 1. The topological polar surface area (TPSA) is 66.8 Å². The second-order valence-electron chi connectivity index (χ2n) is 5.35.